The molecule has 318 valence electrons. The third-order valence-corrected chi connectivity index (χ3v) is 12.3. The minimum atomic E-state index is -0.0360. The Labute approximate surface area is 372 Å². The van der Waals surface area contributed by atoms with Gasteiger partial charge in [0.25, 0.3) is 6.33 Å². The first kappa shape index (κ1) is 41.8. The number of benzene rings is 5. The maximum absolute atomic E-state index is 6.75. The van der Waals surface area contributed by atoms with Crippen molar-refractivity contribution in [2.45, 2.75) is 105 Å². The van der Waals surface area contributed by atoms with Gasteiger partial charge in [0.05, 0.1) is 39.6 Å². The molecule has 0 atom stereocenters. The Hall–Kier alpha value is -6.53. The summed E-state index contributed by atoms with van der Waals surface area (Å²) in [4.78, 5) is 9.68. The highest BCUT2D eigenvalue weighted by atomic mass is 16.5. The van der Waals surface area contributed by atoms with E-state index in [0.29, 0.717) is 11.5 Å². The third kappa shape index (κ3) is 8.04. The fourth-order valence-electron chi connectivity index (χ4n) is 8.42. The lowest BCUT2D eigenvalue weighted by molar-refractivity contribution is -0.572. The quantitative estimate of drug-likeness (QED) is 0.124. The van der Waals surface area contributed by atoms with E-state index in [9.17, 15) is 0 Å². The molecule has 0 bridgehead atoms. The zero-order chi connectivity index (χ0) is 44.6. The molecule has 0 radical (unpaired) electrons. The smallest absolute Gasteiger partial charge is 0.269 e. The molecule has 4 heterocycles. The summed E-state index contributed by atoms with van der Waals surface area (Å²) in [5.41, 5.74) is 13.5. The average Bonchev–Trinajstić information content (AvgIpc) is 3.78. The fourth-order valence-corrected chi connectivity index (χ4v) is 8.42. The van der Waals surface area contributed by atoms with Gasteiger partial charge in [-0.2, -0.15) is 0 Å². The molecule has 0 saturated carbocycles. The molecule has 0 aliphatic carbocycles. The Balaban J connectivity index is 1.17. The zero-order valence-electron chi connectivity index (χ0n) is 38.9. The summed E-state index contributed by atoms with van der Waals surface area (Å²) in [5.74, 6) is 2.21. The Morgan fingerprint density at radius 2 is 1.17 bits per heavy atom. The normalized spacial score (nSPS) is 12.8. The second kappa shape index (κ2) is 15.1. The van der Waals surface area contributed by atoms with Crippen LogP contribution in [0, 0.1) is 6.33 Å². The van der Waals surface area contributed by atoms with Gasteiger partial charge in [-0.15, -0.1) is 0 Å². The maximum Gasteiger partial charge on any atom is 0.269 e. The van der Waals surface area contributed by atoms with Crippen LogP contribution in [0.15, 0.2) is 140 Å². The Kier molecular flexibility index (Phi) is 10.0. The van der Waals surface area contributed by atoms with Gasteiger partial charge in [0.15, 0.2) is 0 Å². The topological polar surface area (TPSA) is 48.8 Å². The lowest BCUT2D eigenvalue weighted by atomic mass is 9.80. The SMILES string of the molecule is CC(C)(C)c1cc(-[n+]2[c-]n(-c3cncc(Oc4ccc5c6cc(-c7ccccc7)ccc6n(-c6cc(C(C)(C)C)ccn6)c5c4)c3)c3ccc(C(C)(C)C)cc32)cc(C(C)(C)C)c1. The molecule has 6 nitrogen and oxygen atoms in total. The first-order valence-electron chi connectivity index (χ1n) is 22.1. The van der Waals surface area contributed by atoms with Gasteiger partial charge in [-0.1, -0.05) is 138 Å². The lowest BCUT2D eigenvalue weighted by Crippen LogP contribution is -2.31. The Morgan fingerprint density at radius 3 is 1.86 bits per heavy atom. The van der Waals surface area contributed by atoms with Crippen LogP contribution in [0.1, 0.15) is 105 Å². The maximum atomic E-state index is 6.75. The molecule has 0 aliphatic rings. The number of rotatable bonds is 6. The molecular formula is C57H59N5O. The van der Waals surface area contributed by atoms with E-state index < -0.39 is 0 Å². The highest BCUT2D eigenvalue weighted by Gasteiger charge is 2.24. The first-order chi connectivity index (χ1) is 29.7. The van der Waals surface area contributed by atoms with Crippen LogP contribution in [-0.4, -0.2) is 19.1 Å². The number of hydrogen-bond acceptors (Lipinski definition) is 3. The van der Waals surface area contributed by atoms with Crippen LogP contribution in [-0.2, 0) is 21.7 Å². The van der Waals surface area contributed by atoms with Gasteiger partial charge in [-0.3, -0.25) is 18.7 Å². The van der Waals surface area contributed by atoms with Gasteiger partial charge < -0.3 is 4.74 Å². The van der Waals surface area contributed by atoms with Crippen LogP contribution < -0.4 is 9.30 Å². The fraction of sp³-hybridized carbons (Fsp3) is 0.281. The second-order valence-corrected chi connectivity index (χ2v) is 21.2. The summed E-state index contributed by atoms with van der Waals surface area (Å²) in [7, 11) is 0. The second-order valence-electron chi connectivity index (χ2n) is 21.2. The van der Waals surface area contributed by atoms with Crippen molar-refractivity contribution in [2.24, 2.45) is 0 Å². The summed E-state index contributed by atoms with van der Waals surface area (Å²) in [6.45, 7) is 27.2. The molecule has 6 heteroatoms. The van der Waals surface area contributed by atoms with Crippen LogP contribution in [0.2, 0.25) is 0 Å². The molecule has 0 N–H and O–H groups in total. The van der Waals surface area contributed by atoms with E-state index in [0.717, 1.165) is 50.0 Å². The van der Waals surface area contributed by atoms with Gasteiger partial charge in [-0.25, -0.2) is 4.98 Å². The molecule has 0 saturated heterocycles. The number of nitrogens with zero attached hydrogens (tertiary/aromatic N) is 5. The summed E-state index contributed by atoms with van der Waals surface area (Å²) in [5, 5.41) is 2.29. The van der Waals surface area contributed by atoms with Gasteiger partial charge in [0, 0.05) is 29.2 Å². The molecule has 0 spiro atoms. The molecule has 0 aliphatic heterocycles. The molecule has 0 unspecified atom stereocenters. The summed E-state index contributed by atoms with van der Waals surface area (Å²) >= 11 is 0. The van der Waals surface area contributed by atoms with Crippen molar-refractivity contribution in [3.63, 3.8) is 0 Å². The van der Waals surface area contributed by atoms with E-state index in [1.165, 1.54) is 33.4 Å². The monoisotopic (exact) mass is 829 g/mol. The summed E-state index contributed by atoms with van der Waals surface area (Å²) in [6, 6.07) is 43.8. The number of pyridine rings is 2. The van der Waals surface area contributed by atoms with E-state index in [4.69, 9.17) is 14.7 Å². The standard InChI is InChI=1S/C57H59N5O/c1-54(2,3)39-19-23-50-52(30-39)60(43-28-41(56(7,8)9)27-42(29-43)57(10,11)12)36-61(50)44-32-46(35-58-34-44)63-45-20-21-47-48-26-38(37-16-14-13-15-17-37)18-22-49(48)62(51(47)33-45)53-31-40(24-25-59-53)55(4,5)6/h13-35H,1-12H3. The van der Waals surface area contributed by atoms with Crippen LogP contribution in [0.3, 0.4) is 0 Å². The molecule has 0 amide bonds. The van der Waals surface area contributed by atoms with E-state index in [1.54, 1.807) is 6.20 Å². The first-order valence-corrected chi connectivity index (χ1v) is 22.1. The lowest BCUT2D eigenvalue weighted by Gasteiger charge is -2.26. The van der Waals surface area contributed by atoms with Crippen LogP contribution in [0.25, 0.3) is 61.2 Å². The molecule has 0 fully saturated rings. The van der Waals surface area contributed by atoms with Gasteiger partial charge in [0.2, 0.25) is 0 Å². The highest BCUT2D eigenvalue weighted by molar-refractivity contribution is 6.10. The number of hydrogen-bond donors (Lipinski definition) is 0. The number of aromatic nitrogens is 5. The largest absolute Gasteiger partial charge is 0.456 e. The predicted octanol–water partition coefficient (Wildman–Crippen LogP) is 14.2. The van der Waals surface area contributed by atoms with E-state index in [1.807, 2.05) is 12.4 Å². The summed E-state index contributed by atoms with van der Waals surface area (Å²) in [6.07, 6.45) is 9.36. The average molecular weight is 830 g/mol. The highest BCUT2D eigenvalue weighted by Crippen LogP contribution is 2.39. The number of ether oxygens (including phenoxy) is 1. The molecule has 9 aromatic rings. The van der Waals surface area contributed by atoms with Gasteiger partial charge in [-0.05, 0) is 116 Å². The Bertz CT molecular complexity index is 3140. The molecular weight excluding hydrogens is 771 g/mol. The van der Waals surface area contributed by atoms with E-state index in [2.05, 4.69) is 224 Å². The molecule has 4 aromatic heterocycles. The van der Waals surface area contributed by atoms with Crippen LogP contribution >= 0.6 is 0 Å². The van der Waals surface area contributed by atoms with Crippen molar-refractivity contribution in [2.75, 3.05) is 0 Å². The van der Waals surface area contributed by atoms with Crippen molar-refractivity contribution in [1.82, 2.24) is 19.1 Å². The molecule has 5 aromatic carbocycles. The minimum Gasteiger partial charge on any atom is -0.456 e. The van der Waals surface area contributed by atoms with E-state index >= 15 is 0 Å². The minimum absolute atomic E-state index is 0.0312. The van der Waals surface area contributed by atoms with Crippen molar-refractivity contribution >= 4 is 32.8 Å². The molecule has 9 rings (SSSR count). The van der Waals surface area contributed by atoms with Gasteiger partial charge in [0.1, 0.15) is 17.3 Å². The summed E-state index contributed by atoms with van der Waals surface area (Å²) < 4.78 is 13.4. The van der Waals surface area contributed by atoms with Crippen molar-refractivity contribution < 1.29 is 9.30 Å². The predicted molar refractivity (Wildman–Crippen MR) is 260 cm³/mol. The number of imidazole rings is 1. The van der Waals surface area contributed by atoms with Crippen LogP contribution in [0.4, 0.5) is 0 Å². The zero-order valence-corrected chi connectivity index (χ0v) is 38.9. The van der Waals surface area contributed by atoms with Crippen LogP contribution in [0.5, 0.6) is 11.5 Å². The van der Waals surface area contributed by atoms with Crippen molar-refractivity contribution in [3.8, 4) is 39.8 Å². The van der Waals surface area contributed by atoms with Crippen molar-refractivity contribution in [1.29, 1.82) is 0 Å². The van der Waals surface area contributed by atoms with E-state index in [-0.39, 0.29) is 21.7 Å². The Morgan fingerprint density at radius 1 is 0.508 bits per heavy atom. The number of fused-ring (bicyclic) bond motifs is 4. The molecule has 63 heavy (non-hydrogen) atoms. The third-order valence-electron chi connectivity index (χ3n) is 12.3. The van der Waals surface area contributed by atoms with Gasteiger partial charge >= 0.3 is 0 Å². The van der Waals surface area contributed by atoms with Crippen molar-refractivity contribution in [3.05, 3.63) is 168 Å².